The van der Waals surface area contributed by atoms with E-state index in [1.54, 1.807) is 0 Å². The highest BCUT2D eigenvalue weighted by Gasteiger charge is 2.10. The van der Waals surface area contributed by atoms with Gasteiger partial charge in [0.2, 0.25) is 0 Å². The molecule has 0 amide bonds. The average Bonchev–Trinajstić information content (AvgIpc) is 2.37. The maximum atomic E-state index is 13.3. The number of halogens is 1. The summed E-state index contributed by atoms with van der Waals surface area (Å²) in [6.45, 7) is 3.98. The van der Waals surface area contributed by atoms with Crippen LogP contribution in [0.15, 0.2) is 36.4 Å². The van der Waals surface area contributed by atoms with E-state index in [0.29, 0.717) is 11.3 Å². The first kappa shape index (κ1) is 14.0. The molecular weight excluding hydrogens is 261 g/mol. The molecule has 0 saturated carbocycles. The quantitative estimate of drug-likeness (QED) is 0.627. The van der Waals surface area contributed by atoms with Crippen LogP contribution in [0.4, 0.5) is 10.1 Å². The maximum Gasteiger partial charge on any atom is 0.272 e. The van der Waals surface area contributed by atoms with E-state index < -0.39 is 10.7 Å². The molecule has 2 aromatic carbocycles. The van der Waals surface area contributed by atoms with Gasteiger partial charge in [0.05, 0.1) is 11.0 Å². The van der Waals surface area contributed by atoms with Gasteiger partial charge >= 0.3 is 0 Å². The number of nitro groups is 1. The van der Waals surface area contributed by atoms with Gasteiger partial charge in [0.1, 0.15) is 18.2 Å². The lowest BCUT2D eigenvalue weighted by Gasteiger charge is -2.10. The molecule has 104 valence electrons. The van der Waals surface area contributed by atoms with Gasteiger partial charge in [0.15, 0.2) is 0 Å². The molecule has 2 rings (SSSR count). The zero-order valence-electron chi connectivity index (χ0n) is 11.2. The summed E-state index contributed by atoms with van der Waals surface area (Å²) in [4.78, 5) is 10.0. The molecule has 0 N–H and O–H groups in total. The first-order valence-corrected chi connectivity index (χ1v) is 6.09. The Bertz CT molecular complexity index is 656. The lowest BCUT2D eigenvalue weighted by molar-refractivity contribution is -0.385. The average molecular weight is 275 g/mol. The van der Waals surface area contributed by atoms with Gasteiger partial charge in [-0.1, -0.05) is 17.7 Å². The van der Waals surface area contributed by atoms with Crippen LogP contribution in [0.25, 0.3) is 0 Å². The molecule has 0 aliphatic heterocycles. The van der Waals surface area contributed by atoms with Crippen LogP contribution in [-0.2, 0) is 6.61 Å². The highest BCUT2D eigenvalue weighted by molar-refractivity contribution is 5.37. The third kappa shape index (κ3) is 3.32. The number of hydrogen-bond acceptors (Lipinski definition) is 3. The second-order valence-corrected chi connectivity index (χ2v) is 4.63. The molecule has 0 aromatic heterocycles. The van der Waals surface area contributed by atoms with Crippen molar-refractivity contribution in [3.8, 4) is 5.75 Å². The fraction of sp³-hybridized carbons (Fsp3) is 0.200. The van der Waals surface area contributed by atoms with Gasteiger partial charge in [-0.25, -0.2) is 4.39 Å². The van der Waals surface area contributed by atoms with Crippen molar-refractivity contribution in [3.05, 3.63) is 69.0 Å². The van der Waals surface area contributed by atoms with Crippen molar-refractivity contribution in [2.24, 2.45) is 0 Å². The van der Waals surface area contributed by atoms with Gasteiger partial charge in [0.25, 0.3) is 5.69 Å². The fourth-order valence-electron chi connectivity index (χ4n) is 1.94. The summed E-state index contributed by atoms with van der Waals surface area (Å²) in [6.07, 6.45) is 0. The van der Waals surface area contributed by atoms with Gasteiger partial charge in [-0.15, -0.1) is 0 Å². The highest BCUT2D eigenvalue weighted by atomic mass is 19.1. The Labute approximate surface area is 116 Å². The Morgan fingerprint density at radius 2 is 1.95 bits per heavy atom. The van der Waals surface area contributed by atoms with Gasteiger partial charge in [-0.05, 0) is 37.1 Å². The van der Waals surface area contributed by atoms with E-state index >= 15 is 0 Å². The molecular formula is C15H14FNO3. The molecule has 0 atom stereocenters. The SMILES string of the molecule is Cc1ccc(OCc2cc(F)cc([N+](=O)[O-])c2)c(C)c1. The summed E-state index contributed by atoms with van der Waals surface area (Å²) in [6, 6.07) is 9.15. The molecule has 0 aliphatic carbocycles. The predicted molar refractivity (Wildman–Crippen MR) is 73.3 cm³/mol. The largest absolute Gasteiger partial charge is 0.489 e. The monoisotopic (exact) mass is 275 g/mol. The van der Waals surface area contributed by atoms with Crippen LogP contribution in [0.1, 0.15) is 16.7 Å². The number of nitrogens with zero attached hydrogens (tertiary/aromatic N) is 1. The van der Waals surface area contributed by atoms with Crippen molar-refractivity contribution in [3.63, 3.8) is 0 Å². The third-order valence-corrected chi connectivity index (χ3v) is 2.88. The van der Waals surface area contributed by atoms with E-state index in [9.17, 15) is 14.5 Å². The van der Waals surface area contributed by atoms with E-state index in [1.165, 1.54) is 12.1 Å². The first-order chi connectivity index (χ1) is 9.45. The van der Waals surface area contributed by atoms with Crippen molar-refractivity contribution < 1.29 is 14.1 Å². The normalized spacial score (nSPS) is 10.3. The molecule has 0 heterocycles. The highest BCUT2D eigenvalue weighted by Crippen LogP contribution is 2.22. The van der Waals surface area contributed by atoms with Gasteiger partial charge < -0.3 is 4.74 Å². The van der Waals surface area contributed by atoms with Crippen molar-refractivity contribution >= 4 is 5.69 Å². The Morgan fingerprint density at radius 3 is 2.60 bits per heavy atom. The van der Waals surface area contributed by atoms with E-state index in [2.05, 4.69) is 0 Å². The fourth-order valence-corrected chi connectivity index (χ4v) is 1.94. The van der Waals surface area contributed by atoms with Crippen LogP contribution in [0.2, 0.25) is 0 Å². The minimum atomic E-state index is -0.640. The van der Waals surface area contributed by atoms with Crippen molar-refractivity contribution in [1.29, 1.82) is 0 Å². The predicted octanol–water partition coefficient (Wildman–Crippen LogP) is 3.93. The molecule has 0 unspecified atom stereocenters. The van der Waals surface area contributed by atoms with E-state index in [0.717, 1.165) is 17.2 Å². The number of non-ortho nitro benzene ring substituents is 1. The summed E-state index contributed by atoms with van der Waals surface area (Å²) < 4.78 is 18.9. The topological polar surface area (TPSA) is 52.4 Å². The van der Waals surface area contributed by atoms with Crippen molar-refractivity contribution in [2.75, 3.05) is 0 Å². The minimum absolute atomic E-state index is 0.0858. The number of ether oxygens (including phenoxy) is 1. The van der Waals surface area contributed by atoms with Crippen LogP contribution in [0, 0.1) is 29.8 Å². The van der Waals surface area contributed by atoms with E-state index in [1.807, 2.05) is 32.0 Å². The van der Waals surface area contributed by atoms with Crippen LogP contribution < -0.4 is 4.74 Å². The zero-order valence-corrected chi connectivity index (χ0v) is 11.2. The lowest BCUT2D eigenvalue weighted by atomic mass is 10.1. The molecule has 20 heavy (non-hydrogen) atoms. The molecule has 4 nitrogen and oxygen atoms in total. The molecule has 0 bridgehead atoms. The lowest BCUT2D eigenvalue weighted by Crippen LogP contribution is -1.99. The number of aryl methyl sites for hydroxylation is 2. The Kier molecular flexibility index (Phi) is 3.98. The second kappa shape index (κ2) is 5.69. The zero-order chi connectivity index (χ0) is 14.7. The Morgan fingerprint density at radius 1 is 1.20 bits per heavy atom. The number of rotatable bonds is 4. The van der Waals surface area contributed by atoms with Gasteiger partial charge in [0, 0.05) is 6.07 Å². The summed E-state index contributed by atoms with van der Waals surface area (Å²) in [5.74, 6) is 0.0425. The first-order valence-electron chi connectivity index (χ1n) is 6.09. The van der Waals surface area contributed by atoms with Gasteiger partial charge in [-0.2, -0.15) is 0 Å². The molecule has 0 fully saturated rings. The summed E-state index contributed by atoms with van der Waals surface area (Å²) in [5.41, 5.74) is 2.24. The Hall–Kier alpha value is -2.43. The summed E-state index contributed by atoms with van der Waals surface area (Å²) >= 11 is 0. The van der Waals surface area contributed by atoms with Crippen LogP contribution in [-0.4, -0.2) is 4.92 Å². The van der Waals surface area contributed by atoms with E-state index in [4.69, 9.17) is 4.74 Å². The van der Waals surface area contributed by atoms with Crippen molar-refractivity contribution in [1.82, 2.24) is 0 Å². The smallest absolute Gasteiger partial charge is 0.272 e. The molecule has 0 saturated heterocycles. The Balaban J connectivity index is 2.16. The van der Waals surface area contributed by atoms with E-state index in [-0.39, 0.29) is 12.3 Å². The van der Waals surface area contributed by atoms with Crippen LogP contribution >= 0.6 is 0 Å². The third-order valence-electron chi connectivity index (χ3n) is 2.88. The minimum Gasteiger partial charge on any atom is -0.489 e. The molecule has 0 spiro atoms. The summed E-state index contributed by atoms with van der Waals surface area (Å²) in [7, 11) is 0. The number of hydrogen-bond donors (Lipinski definition) is 0. The number of nitro benzene ring substituents is 1. The standard InChI is InChI=1S/C15H14FNO3/c1-10-3-4-15(11(2)5-10)20-9-12-6-13(16)8-14(7-12)17(18)19/h3-8H,9H2,1-2H3. The summed E-state index contributed by atoms with van der Waals surface area (Å²) in [5, 5.41) is 10.7. The van der Waals surface area contributed by atoms with Gasteiger partial charge in [-0.3, -0.25) is 10.1 Å². The number of benzene rings is 2. The second-order valence-electron chi connectivity index (χ2n) is 4.63. The maximum absolute atomic E-state index is 13.3. The van der Waals surface area contributed by atoms with Crippen LogP contribution in [0.3, 0.4) is 0 Å². The molecule has 0 radical (unpaired) electrons. The molecule has 2 aromatic rings. The molecule has 0 aliphatic rings. The van der Waals surface area contributed by atoms with Crippen molar-refractivity contribution in [2.45, 2.75) is 20.5 Å². The van der Waals surface area contributed by atoms with Crippen LogP contribution in [0.5, 0.6) is 5.75 Å². The molecule has 5 heteroatoms.